The van der Waals surface area contributed by atoms with E-state index >= 15 is 0 Å². The Bertz CT molecular complexity index is 1040. The topological polar surface area (TPSA) is 117 Å². The van der Waals surface area contributed by atoms with Crippen LogP contribution >= 0.6 is 0 Å². The van der Waals surface area contributed by atoms with E-state index in [1.807, 2.05) is 54.6 Å². The van der Waals surface area contributed by atoms with Crippen molar-refractivity contribution in [3.8, 4) is 11.1 Å². The first-order valence-electron chi connectivity index (χ1n) is 12.8. The third kappa shape index (κ3) is 11.5. The van der Waals surface area contributed by atoms with Gasteiger partial charge in [0.15, 0.2) is 0 Å². The number of ether oxygens (including phenoxy) is 4. The highest BCUT2D eigenvalue weighted by atomic mass is 16.8. The summed E-state index contributed by atoms with van der Waals surface area (Å²) in [6.07, 6.45) is -0.737. The maximum absolute atomic E-state index is 12.6. The van der Waals surface area contributed by atoms with E-state index in [9.17, 15) is 19.2 Å². The van der Waals surface area contributed by atoms with E-state index in [1.165, 1.54) is 0 Å². The van der Waals surface area contributed by atoms with Crippen molar-refractivity contribution in [2.24, 2.45) is 5.92 Å². The molecule has 0 aliphatic rings. The lowest BCUT2D eigenvalue weighted by Gasteiger charge is -2.22. The normalized spacial score (nSPS) is 12.2. The van der Waals surface area contributed by atoms with Gasteiger partial charge in [0, 0.05) is 12.5 Å². The van der Waals surface area contributed by atoms with Crippen LogP contribution in [0.5, 0.6) is 0 Å². The largest absolute Gasteiger partial charge is 0.511 e. The number of benzene rings is 2. The third-order valence-corrected chi connectivity index (χ3v) is 5.52. The second kappa shape index (κ2) is 16.1. The molecule has 38 heavy (non-hydrogen) atoms. The second-order valence-corrected chi connectivity index (χ2v) is 9.12. The summed E-state index contributed by atoms with van der Waals surface area (Å²) in [6, 6.07) is 17.7. The zero-order valence-corrected chi connectivity index (χ0v) is 22.4. The van der Waals surface area contributed by atoms with Crippen molar-refractivity contribution in [3.05, 3.63) is 60.2 Å². The summed E-state index contributed by atoms with van der Waals surface area (Å²) in [5, 5.41) is 2.93. The van der Waals surface area contributed by atoms with Crippen LogP contribution in [0.1, 0.15) is 52.5 Å². The SMILES string of the molecule is CCOC(=O)[C@H](C)C[C@@H](Cc1ccc(-c2ccccc2)cc1)NC(=O)CCC(=O)OCOC(=O)OC(C)C. The Kier molecular flexibility index (Phi) is 12.8. The molecule has 9 nitrogen and oxygen atoms in total. The molecule has 0 heterocycles. The second-order valence-electron chi connectivity index (χ2n) is 9.12. The third-order valence-electron chi connectivity index (χ3n) is 5.52. The van der Waals surface area contributed by atoms with E-state index < -0.39 is 24.8 Å². The van der Waals surface area contributed by atoms with Crippen molar-refractivity contribution in [2.45, 2.75) is 65.5 Å². The minimum atomic E-state index is -0.944. The summed E-state index contributed by atoms with van der Waals surface area (Å²) in [4.78, 5) is 48.1. The Morgan fingerprint density at radius 3 is 2.11 bits per heavy atom. The summed E-state index contributed by atoms with van der Waals surface area (Å²) in [6.45, 7) is 6.51. The maximum atomic E-state index is 12.6. The fourth-order valence-electron chi connectivity index (χ4n) is 3.71. The van der Waals surface area contributed by atoms with Gasteiger partial charge in [0.2, 0.25) is 12.7 Å². The minimum absolute atomic E-state index is 0.119. The molecule has 0 fully saturated rings. The first kappa shape index (κ1) is 30.3. The Morgan fingerprint density at radius 2 is 1.47 bits per heavy atom. The summed E-state index contributed by atoms with van der Waals surface area (Å²) < 4.78 is 19.3. The molecule has 0 aliphatic heterocycles. The molecule has 2 rings (SSSR count). The number of nitrogens with one attached hydrogen (secondary N) is 1. The zero-order chi connectivity index (χ0) is 27.9. The molecule has 0 unspecified atom stereocenters. The molecule has 206 valence electrons. The molecule has 0 aliphatic carbocycles. The van der Waals surface area contributed by atoms with Crippen molar-refractivity contribution in [1.29, 1.82) is 0 Å². The van der Waals surface area contributed by atoms with Crippen LogP contribution in [0.3, 0.4) is 0 Å². The monoisotopic (exact) mass is 527 g/mol. The van der Waals surface area contributed by atoms with Crippen LogP contribution in [-0.4, -0.2) is 49.5 Å². The Hall–Kier alpha value is -3.88. The van der Waals surface area contributed by atoms with Gasteiger partial charge in [-0.25, -0.2) is 4.79 Å². The van der Waals surface area contributed by atoms with Gasteiger partial charge in [-0.15, -0.1) is 0 Å². The predicted octanol–water partition coefficient (Wildman–Crippen LogP) is 4.81. The molecular formula is C29H37NO8. The van der Waals surface area contributed by atoms with E-state index in [1.54, 1.807) is 27.7 Å². The highest BCUT2D eigenvalue weighted by Crippen LogP contribution is 2.21. The lowest BCUT2D eigenvalue weighted by atomic mass is 9.94. The fraction of sp³-hybridized carbons (Fsp3) is 0.448. The van der Waals surface area contributed by atoms with E-state index in [-0.39, 0.29) is 43.5 Å². The standard InChI is InChI=1S/C29H37NO8/c1-5-35-28(33)21(4)17-25(18-22-11-13-24(14-12-22)23-9-7-6-8-10-23)30-26(31)15-16-27(32)36-19-37-29(34)38-20(2)3/h6-14,20-21,25H,5,15-19H2,1-4H3,(H,30,31)/t21-,25+/m1/s1. The van der Waals surface area contributed by atoms with Crippen LogP contribution in [0.25, 0.3) is 11.1 Å². The lowest BCUT2D eigenvalue weighted by molar-refractivity contribution is -0.154. The summed E-state index contributed by atoms with van der Waals surface area (Å²) in [7, 11) is 0. The lowest BCUT2D eigenvalue weighted by Crippen LogP contribution is -2.39. The molecule has 2 aromatic carbocycles. The number of hydrogen-bond donors (Lipinski definition) is 1. The van der Waals surface area contributed by atoms with Gasteiger partial charge in [0.05, 0.1) is 25.0 Å². The fourth-order valence-corrected chi connectivity index (χ4v) is 3.71. The molecule has 9 heteroatoms. The zero-order valence-electron chi connectivity index (χ0n) is 22.4. The summed E-state index contributed by atoms with van der Waals surface area (Å²) in [5.74, 6) is -1.79. The quantitative estimate of drug-likeness (QED) is 0.211. The van der Waals surface area contributed by atoms with Gasteiger partial charge in [0.25, 0.3) is 0 Å². The molecule has 1 N–H and O–H groups in total. The van der Waals surface area contributed by atoms with Gasteiger partial charge in [-0.1, -0.05) is 61.5 Å². The number of carbonyl (C=O) groups excluding carboxylic acids is 4. The van der Waals surface area contributed by atoms with Crippen molar-refractivity contribution in [2.75, 3.05) is 13.4 Å². The molecule has 0 saturated heterocycles. The smallest absolute Gasteiger partial charge is 0.466 e. The van der Waals surface area contributed by atoms with Gasteiger partial charge in [-0.2, -0.15) is 0 Å². The first-order valence-corrected chi connectivity index (χ1v) is 12.8. The number of amides is 1. The highest BCUT2D eigenvalue weighted by Gasteiger charge is 2.22. The van der Waals surface area contributed by atoms with Gasteiger partial charge in [-0.3, -0.25) is 14.4 Å². The summed E-state index contributed by atoms with van der Waals surface area (Å²) in [5.41, 5.74) is 3.18. The van der Waals surface area contributed by atoms with Gasteiger partial charge < -0.3 is 24.3 Å². The predicted molar refractivity (Wildman–Crippen MR) is 141 cm³/mol. The average Bonchev–Trinajstić information content (AvgIpc) is 2.88. The molecule has 1 amide bonds. The van der Waals surface area contributed by atoms with Crippen LogP contribution in [0, 0.1) is 5.92 Å². The molecule has 0 radical (unpaired) electrons. The number of carbonyl (C=O) groups is 4. The summed E-state index contributed by atoms with van der Waals surface area (Å²) >= 11 is 0. The van der Waals surface area contributed by atoms with Crippen LogP contribution in [0.15, 0.2) is 54.6 Å². The average molecular weight is 528 g/mol. The Morgan fingerprint density at radius 1 is 0.816 bits per heavy atom. The van der Waals surface area contributed by atoms with E-state index in [0.717, 1.165) is 16.7 Å². The molecule has 2 atom stereocenters. The molecule has 0 bridgehead atoms. The van der Waals surface area contributed by atoms with Gasteiger partial charge in [-0.05, 0) is 50.3 Å². The van der Waals surface area contributed by atoms with E-state index in [0.29, 0.717) is 12.8 Å². The Labute approximate surface area is 223 Å². The van der Waals surface area contributed by atoms with Crippen LogP contribution in [0.2, 0.25) is 0 Å². The number of rotatable bonds is 14. The first-order chi connectivity index (χ1) is 18.2. The van der Waals surface area contributed by atoms with E-state index in [4.69, 9.17) is 14.2 Å². The molecular weight excluding hydrogens is 490 g/mol. The van der Waals surface area contributed by atoms with Gasteiger partial charge >= 0.3 is 18.1 Å². The maximum Gasteiger partial charge on any atom is 0.511 e. The van der Waals surface area contributed by atoms with Crippen LogP contribution in [0.4, 0.5) is 4.79 Å². The highest BCUT2D eigenvalue weighted by molar-refractivity contribution is 5.81. The molecule has 0 saturated carbocycles. The molecule has 0 spiro atoms. The van der Waals surface area contributed by atoms with E-state index in [2.05, 4.69) is 10.1 Å². The number of hydrogen-bond acceptors (Lipinski definition) is 8. The Balaban J connectivity index is 1.93. The van der Waals surface area contributed by atoms with Crippen molar-refractivity contribution in [3.63, 3.8) is 0 Å². The number of esters is 2. The van der Waals surface area contributed by atoms with Crippen molar-refractivity contribution < 1.29 is 38.1 Å². The van der Waals surface area contributed by atoms with Crippen LogP contribution in [-0.2, 0) is 39.8 Å². The molecule has 2 aromatic rings. The van der Waals surface area contributed by atoms with Crippen LogP contribution < -0.4 is 5.32 Å². The minimum Gasteiger partial charge on any atom is -0.466 e. The van der Waals surface area contributed by atoms with Crippen molar-refractivity contribution in [1.82, 2.24) is 5.32 Å². The molecule has 0 aromatic heterocycles. The van der Waals surface area contributed by atoms with Gasteiger partial charge in [0.1, 0.15) is 0 Å². The van der Waals surface area contributed by atoms with Crippen molar-refractivity contribution >= 4 is 24.0 Å².